The van der Waals surface area contributed by atoms with Crippen LogP contribution in [0.3, 0.4) is 0 Å². The molecule has 0 aliphatic rings. The van der Waals surface area contributed by atoms with Crippen molar-refractivity contribution in [2.24, 2.45) is 0 Å². The van der Waals surface area contributed by atoms with Gasteiger partial charge in [0.15, 0.2) is 0 Å². The molecule has 1 aromatic carbocycles. The number of rotatable bonds is 8. The van der Waals surface area contributed by atoms with Crippen molar-refractivity contribution >= 4 is 11.0 Å². The molecule has 0 aliphatic carbocycles. The molecule has 0 amide bonds. The summed E-state index contributed by atoms with van der Waals surface area (Å²) in [5.41, 5.74) is 1.33. The fourth-order valence-corrected chi connectivity index (χ4v) is 2.55. The lowest BCUT2D eigenvalue weighted by molar-refractivity contribution is 0.541. The Kier molecular flexibility index (Phi) is 5.85. The Morgan fingerprint density at radius 3 is 2.45 bits per heavy atom. The van der Waals surface area contributed by atoms with E-state index in [9.17, 15) is 4.79 Å². The molecule has 0 fully saturated rings. The van der Waals surface area contributed by atoms with Crippen molar-refractivity contribution in [1.82, 2.24) is 0 Å². The first-order valence-corrected chi connectivity index (χ1v) is 7.83. The van der Waals surface area contributed by atoms with Gasteiger partial charge < -0.3 is 4.42 Å². The van der Waals surface area contributed by atoms with Gasteiger partial charge in [-0.05, 0) is 25.0 Å². The normalized spacial score (nSPS) is 11.1. The van der Waals surface area contributed by atoms with Crippen molar-refractivity contribution in [3.63, 3.8) is 0 Å². The first kappa shape index (κ1) is 14.8. The molecular formula is C18H24O2. The average molecular weight is 272 g/mol. The zero-order chi connectivity index (χ0) is 14.2. The number of fused-ring (bicyclic) bond motifs is 1. The predicted molar refractivity (Wildman–Crippen MR) is 84.2 cm³/mol. The Morgan fingerprint density at radius 1 is 0.950 bits per heavy atom. The van der Waals surface area contributed by atoms with Gasteiger partial charge in [0, 0.05) is 10.9 Å². The summed E-state index contributed by atoms with van der Waals surface area (Å²) in [6, 6.07) is 9.68. The van der Waals surface area contributed by atoms with E-state index >= 15 is 0 Å². The Hall–Kier alpha value is -1.57. The van der Waals surface area contributed by atoms with Crippen LogP contribution in [0.15, 0.2) is 39.5 Å². The number of unbranched alkanes of at least 4 members (excludes halogenated alkanes) is 6. The van der Waals surface area contributed by atoms with Crippen molar-refractivity contribution < 1.29 is 4.42 Å². The summed E-state index contributed by atoms with van der Waals surface area (Å²) in [6.07, 6.45) is 9.69. The zero-order valence-electron chi connectivity index (χ0n) is 12.4. The van der Waals surface area contributed by atoms with E-state index in [4.69, 9.17) is 4.42 Å². The van der Waals surface area contributed by atoms with E-state index in [1.165, 1.54) is 38.5 Å². The van der Waals surface area contributed by atoms with Gasteiger partial charge in [-0.2, -0.15) is 0 Å². The van der Waals surface area contributed by atoms with Crippen LogP contribution in [-0.4, -0.2) is 0 Å². The van der Waals surface area contributed by atoms with Crippen LogP contribution in [0, 0.1) is 0 Å². The van der Waals surface area contributed by atoms with E-state index in [0.717, 1.165) is 23.8 Å². The molecule has 2 rings (SSSR count). The maximum absolute atomic E-state index is 11.9. The lowest BCUT2D eigenvalue weighted by Gasteiger charge is -2.03. The third-order valence-corrected chi connectivity index (χ3v) is 3.76. The molecule has 0 atom stereocenters. The molecule has 0 unspecified atom stereocenters. The molecular weight excluding hydrogens is 248 g/mol. The maximum Gasteiger partial charge on any atom is 0.339 e. The molecule has 0 spiro atoms. The van der Waals surface area contributed by atoms with Crippen molar-refractivity contribution in [2.75, 3.05) is 0 Å². The summed E-state index contributed by atoms with van der Waals surface area (Å²) < 4.78 is 5.35. The third-order valence-electron chi connectivity index (χ3n) is 3.76. The molecule has 2 heteroatoms. The molecule has 1 heterocycles. The van der Waals surface area contributed by atoms with Crippen molar-refractivity contribution in [3.8, 4) is 0 Å². The van der Waals surface area contributed by atoms with E-state index < -0.39 is 0 Å². The molecule has 2 nitrogen and oxygen atoms in total. The van der Waals surface area contributed by atoms with Crippen LogP contribution < -0.4 is 5.63 Å². The van der Waals surface area contributed by atoms with Crippen molar-refractivity contribution in [1.29, 1.82) is 0 Å². The van der Waals surface area contributed by atoms with E-state index in [1.807, 2.05) is 30.3 Å². The summed E-state index contributed by atoms with van der Waals surface area (Å²) >= 11 is 0. The highest BCUT2D eigenvalue weighted by Gasteiger charge is 2.04. The SMILES string of the molecule is CCCCCCCCCc1cc2ccccc2oc1=O. The van der Waals surface area contributed by atoms with Crippen molar-refractivity contribution in [2.45, 2.75) is 58.3 Å². The van der Waals surface area contributed by atoms with Crippen LogP contribution >= 0.6 is 0 Å². The second-order valence-corrected chi connectivity index (χ2v) is 5.47. The molecule has 0 bridgehead atoms. The first-order valence-electron chi connectivity index (χ1n) is 7.83. The van der Waals surface area contributed by atoms with E-state index in [2.05, 4.69) is 6.92 Å². The number of hydrogen-bond donors (Lipinski definition) is 0. The third kappa shape index (κ3) is 4.22. The van der Waals surface area contributed by atoms with E-state index in [1.54, 1.807) is 0 Å². The largest absolute Gasteiger partial charge is 0.423 e. The Bertz CT molecular complexity index is 583. The van der Waals surface area contributed by atoms with E-state index in [-0.39, 0.29) is 5.63 Å². The van der Waals surface area contributed by atoms with Gasteiger partial charge in [-0.25, -0.2) is 4.79 Å². The molecule has 0 N–H and O–H groups in total. The minimum Gasteiger partial charge on any atom is -0.423 e. The monoisotopic (exact) mass is 272 g/mol. The number of benzene rings is 1. The Labute approximate surface area is 120 Å². The fraction of sp³-hybridized carbons (Fsp3) is 0.500. The van der Waals surface area contributed by atoms with Gasteiger partial charge in [0.05, 0.1) is 0 Å². The quantitative estimate of drug-likeness (QED) is 0.495. The first-order chi connectivity index (χ1) is 9.81. The smallest absolute Gasteiger partial charge is 0.339 e. The molecule has 1 aromatic heterocycles. The number of hydrogen-bond acceptors (Lipinski definition) is 2. The molecule has 108 valence electrons. The van der Waals surface area contributed by atoms with Gasteiger partial charge in [0.1, 0.15) is 5.58 Å². The summed E-state index contributed by atoms with van der Waals surface area (Å²) in [7, 11) is 0. The highest BCUT2D eigenvalue weighted by atomic mass is 16.4. The summed E-state index contributed by atoms with van der Waals surface area (Å²) in [5, 5.41) is 1.02. The second kappa shape index (κ2) is 7.88. The molecule has 0 saturated carbocycles. The topological polar surface area (TPSA) is 30.2 Å². The highest BCUT2D eigenvalue weighted by Crippen LogP contribution is 2.14. The van der Waals surface area contributed by atoms with Gasteiger partial charge in [-0.1, -0.05) is 63.6 Å². The van der Waals surface area contributed by atoms with Gasteiger partial charge >= 0.3 is 5.63 Å². The number of aryl methyl sites for hydroxylation is 1. The summed E-state index contributed by atoms with van der Waals surface area (Å²) in [5.74, 6) is 0. The molecule has 0 radical (unpaired) electrons. The van der Waals surface area contributed by atoms with Crippen LogP contribution in [0.4, 0.5) is 0 Å². The van der Waals surface area contributed by atoms with Crippen molar-refractivity contribution in [3.05, 3.63) is 46.3 Å². The fourth-order valence-electron chi connectivity index (χ4n) is 2.55. The van der Waals surface area contributed by atoms with Crippen LogP contribution in [0.5, 0.6) is 0 Å². The minimum absolute atomic E-state index is 0.172. The van der Waals surface area contributed by atoms with Gasteiger partial charge in [0.25, 0.3) is 0 Å². The number of para-hydroxylation sites is 1. The molecule has 0 aliphatic heterocycles. The lowest BCUT2D eigenvalue weighted by Crippen LogP contribution is -2.06. The highest BCUT2D eigenvalue weighted by molar-refractivity contribution is 5.76. The second-order valence-electron chi connectivity index (χ2n) is 5.47. The Balaban J connectivity index is 1.84. The van der Waals surface area contributed by atoms with Gasteiger partial charge in [0.2, 0.25) is 0 Å². The lowest BCUT2D eigenvalue weighted by atomic mass is 10.0. The molecule has 20 heavy (non-hydrogen) atoms. The van der Waals surface area contributed by atoms with Crippen LogP contribution in [0.2, 0.25) is 0 Å². The van der Waals surface area contributed by atoms with E-state index in [0.29, 0.717) is 5.58 Å². The summed E-state index contributed by atoms with van der Waals surface area (Å²) in [4.78, 5) is 11.9. The zero-order valence-corrected chi connectivity index (χ0v) is 12.4. The van der Waals surface area contributed by atoms with Gasteiger partial charge in [-0.15, -0.1) is 0 Å². The predicted octanol–water partition coefficient (Wildman–Crippen LogP) is 5.09. The molecule has 2 aromatic rings. The van der Waals surface area contributed by atoms with Crippen LogP contribution in [-0.2, 0) is 6.42 Å². The Morgan fingerprint density at radius 2 is 1.65 bits per heavy atom. The average Bonchev–Trinajstić information content (AvgIpc) is 2.46. The minimum atomic E-state index is -0.172. The van der Waals surface area contributed by atoms with Gasteiger partial charge in [-0.3, -0.25) is 0 Å². The summed E-state index contributed by atoms with van der Waals surface area (Å²) in [6.45, 7) is 2.24. The maximum atomic E-state index is 11.9. The standard InChI is InChI=1S/C18H24O2/c1-2-3-4-5-6-7-8-12-16-14-15-11-9-10-13-17(15)20-18(16)19/h9-11,13-14H,2-8,12H2,1H3. The van der Waals surface area contributed by atoms with Crippen LogP contribution in [0.25, 0.3) is 11.0 Å². The molecule has 0 saturated heterocycles. The van der Waals surface area contributed by atoms with Crippen LogP contribution in [0.1, 0.15) is 57.4 Å².